The number of anilines is 1. The zero-order chi connectivity index (χ0) is 27.8. The Morgan fingerprint density at radius 1 is 1.05 bits per heavy atom. The number of carbonyl (C=O) groups excluding carboxylic acids is 2. The molecular formula is C28H30F3N3O4. The fourth-order valence-electron chi connectivity index (χ4n) is 4.47. The highest BCUT2D eigenvalue weighted by Crippen LogP contribution is 2.32. The van der Waals surface area contributed by atoms with E-state index in [1.54, 1.807) is 60.7 Å². The molecule has 2 heterocycles. The monoisotopic (exact) mass is 529 g/mol. The Morgan fingerprint density at radius 3 is 2.42 bits per heavy atom. The Balaban J connectivity index is 1.44. The molecule has 1 aromatic heterocycles. The average Bonchev–Trinajstić information content (AvgIpc) is 2.77. The third-order valence-corrected chi connectivity index (χ3v) is 6.33. The number of alkyl halides is 3. The second-order valence-electron chi connectivity index (χ2n) is 10.7. The summed E-state index contributed by atoms with van der Waals surface area (Å²) < 4.78 is 46.6. The Kier molecular flexibility index (Phi) is 7.27. The van der Waals surface area contributed by atoms with Gasteiger partial charge < -0.3 is 19.5 Å². The van der Waals surface area contributed by atoms with E-state index in [9.17, 15) is 27.6 Å². The van der Waals surface area contributed by atoms with Gasteiger partial charge in [0.25, 0.3) is 5.56 Å². The van der Waals surface area contributed by atoms with Crippen LogP contribution in [0.5, 0.6) is 0 Å². The summed E-state index contributed by atoms with van der Waals surface area (Å²) in [7, 11) is 0. The zero-order valence-corrected chi connectivity index (χ0v) is 21.7. The molecule has 38 heavy (non-hydrogen) atoms. The Morgan fingerprint density at radius 2 is 1.76 bits per heavy atom. The molecule has 0 bridgehead atoms. The van der Waals surface area contributed by atoms with Gasteiger partial charge in [-0.05, 0) is 63.1 Å². The largest absolute Gasteiger partial charge is 0.444 e. The summed E-state index contributed by atoms with van der Waals surface area (Å²) in [5, 5.41) is 3.67. The molecule has 1 fully saturated rings. The van der Waals surface area contributed by atoms with Crippen LogP contribution < -0.4 is 10.9 Å². The van der Waals surface area contributed by atoms with Gasteiger partial charge in [-0.2, -0.15) is 13.2 Å². The van der Waals surface area contributed by atoms with Crippen molar-refractivity contribution < 1.29 is 27.5 Å². The van der Waals surface area contributed by atoms with E-state index in [2.05, 4.69) is 5.32 Å². The van der Waals surface area contributed by atoms with E-state index in [-0.39, 0.29) is 35.1 Å². The highest BCUT2D eigenvalue weighted by atomic mass is 19.4. The van der Waals surface area contributed by atoms with E-state index in [1.165, 1.54) is 19.1 Å². The smallest absolute Gasteiger partial charge is 0.416 e. The number of pyridine rings is 1. The molecule has 2 aromatic carbocycles. The predicted molar refractivity (Wildman–Crippen MR) is 138 cm³/mol. The Labute approximate surface area is 218 Å². The molecular weight excluding hydrogens is 499 g/mol. The molecule has 1 saturated heterocycles. The first-order valence-electron chi connectivity index (χ1n) is 12.3. The second kappa shape index (κ2) is 10.2. The van der Waals surface area contributed by atoms with Gasteiger partial charge in [0, 0.05) is 48.2 Å². The molecule has 202 valence electrons. The molecule has 4 rings (SSSR count). The molecule has 3 aromatic rings. The van der Waals surface area contributed by atoms with Crippen molar-refractivity contribution >= 4 is 28.5 Å². The molecule has 0 radical (unpaired) electrons. The van der Waals surface area contributed by atoms with Crippen molar-refractivity contribution in [1.82, 2.24) is 9.47 Å². The van der Waals surface area contributed by atoms with Crippen molar-refractivity contribution in [2.45, 2.75) is 52.4 Å². The van der Waals surface area contributed by atoms with E-state index in [1.807, 2.05) is 0 Å². The summed E-state index contributed by atoms with van der Waals surface area (Å²) in [6.07, 6.45) is -3.47. The number of aryl methyl sites for hydroxylation is 1. The fraction of sp³-hybridized carbons (Fsp3) is 0.393. The molecule has 0 aliphatic carbocycles. The molecule has 1 aliphatic heterocycles. The van der Waals surface area contributed by atoms with Crippen LogP contribution in [0.3, 0.4) is 0 Å². The number of fused-ring (bicyclic) bond motifs is 1. The number of nitrogens with one attached hydrogen (secondary N) is 1. The van der Waals surface area contributed by atoms with E-state index in [0.29, 0.717) is 36.1 Å². The lowest BCUT2D eigenvalue weighted by Crippen LogP contribution is -2.53. The summed E-state index contributed by atoms with van der Waals surface area (Å²) in [4.78, 5) is 39.6. The van der Waals surface area contributed by atoms with Gasteiger partial charge in [-0.1, -0.05) is 18.2 Å². The van der Waals surface area contributed by atoms with E-state index < -0.39 is 23.2 Å². The maximum absolute atomic E-state index is 13.2. The third kappa shape index (κ3) is 6.17. The van der Waals surface area contributed by atoms with Gasteiger partial charge in [0.15, 0.2) is 0 Å². The Bertz CT molecular complexity index is 1430. The maximum atomic E-state index is 13.2. The number of carbonyl (C=O) groups is 2. The van der Waals surface area contributed by atoms with Gasteiger partial charge in [-0.3, -0.25) is 9.59 Å². The van der Waals surface area contributed by atoms with Crippen LogP contribution in [0.1, 0.15) is 37.5 Å². The van der Waals surface area contributed by atoms with E-state index >= 15 is 0 Å². The van der Waals surface area contributed by atoms with Gasteiger partial charge >= 0.3 is 12.3 Å². The number of benzene rings is 2. The summed E-state index contributed by atoms with van der Waals surface area (Å²) in [5.41, 5.74) is -0.844. The van der Waals surface area contributed by atoms with Crippen LogP contribution in [0, 0.1) is 12.8 Å². The van der Waals surface area contributed by atoms with Crippen LogP contribution >= 0.6 is 0 Å². The summed E-state index contributed by atoms with van der Waals surface area (Å²) in [5.74, 6) is -0.382. The van der Waals surface area contributed by atoms with Crippen molar-refractivity contribution in [3.63, 3.8) is 0 Å². The van der Waals surface area contributed by atoms with Crippen molar-refractivity contribution in [2.24, 2.45) is 5.92 Å². The first-order valence-corrected chi connectivity index (χ1v) is 12.3. The third-order valence-electron chi connectivity index (χ3n) is 6.33. The molecule has 1 N–H and O–H groups in total. The molecule has 0 atom stereocenters. The van der Waals surface area contributed by atoms with Crippen LogP contribution in [-0.4, -0.2) is 40.2 Å². The minimum Gasteiger partial charge on any atom is -0.444 e. The van der Waals surface area contributed by atoms with Gasteiger partial charge in [0.2, 0.25) is 5.91 Å². The van der Waals surface area contributed by atoms with Gasteiger partial charge in [-0.25, -0.2) is 4.79 Å². The van der Waals surface area contributed by atoms with Gasteiger partial charge in [0.05, 0.1) is 12.0 Å². The van der Waals surface area contributed by atoms with Crippen LogP contribution in [0.2, 0.25) is 0 Å². The highest BCUT2D eigenvalue weighted by Gasteiger charge is 2.34. The average molecular weight is 530 g/mol. The predicted octanol–water partition coefficient (Wildman–Crippen LogP) is 5.38. The molecule has 1 aliphatic rings. The van der Waals surface area contributed by atoms with E-state index in [0.717, 1.165) is 6.07 Å². The number of ether oxygens (including phenoxy) is 1. The first-order chi connectivity index (χ1) is 17.7. The topological polar surface area (TPSA) is 80.6 Å². The summed E-state index contributed by atoms with van der Waals surface area (Å²) in [6, 6.07) is 10.5. The number of halogens is 3. The van der Waals surface area contributed by atoms with Crippen LogP contribution in [0.15, 0.2) is 53.5 Å². The SMILES string of the molecule is Cc1ccc(CC(=O)Nc2cccc3c(=O)n(CC4CN(C(=O)OC(C)(C)C)C4)ccc23)cc1C(F)(F)F. The molecule has 7 nitrogen and oxygen atoms in total. The fourth-order valence-corrected chi connectivity index (χ4v) is 4.47. The maximum Gasteiger partial charge on any atom is 0.416 e. The number of hydrogen-bond acceptors (Lipinski definition) is 4. The number of likely N-dealkylation sites (tertiary alicyclic amines) is 1. The molecule has 10 heteroatoms. The molecule has 0 unspecified atom stereocenters. The Hall–Kier alpha value is -3.82. The standard InChI is InChI=1S/C28H30F3N3O4/c1-17-8-9-18(12-22(17)28(29,30)31)13-24(35)32-23-7-5-6-21-20(23)10-11-33(25(21)36)14-19-15-34(16-19)26(37)38-27(2,3)4/h5-12,19H,13-16H2,1-4H3,(H,32,35). The van der Waals surface area contributed by atoms with Crippen molar-refractivity contribution in [3.8, 4) is 0 Å². The lowest BCUT2D eigenvalue weighted by molar-refractivity contribution is -0.138. The number of hydrogen-bond donors (Lipinski definition) is 1. The summed E-state index contributed by atoms with van der Waals surface area (Å²) in [6.45, 7) is 8.20. The molecule has 2 amide bonds. The number of nitrogens with zero attached hydrogens (tertiary/aromatic N) is 2. The van der Waals surface area contributed by atoms with Gasteiger partial charge in [-0.15, -0.1) is 0 Å². The van der Waals surface area contributed by atoms with Crippen molar-refractivity contribution in [3.05, 3.63) is 75.7 Å². The summed E-state index contributed by atoms with van der Waals surface area (Å²) >= 11 is 0. The lowest BCUT2D eigenvalue weighted by atomic mass is 10.0. The normalized spacial score (nSPS) is 14.3. The zero-order valence-electron chi connectivity index (χ0n) is 21.7. The number of amides is 2. The van der Waals surface area contributed by atoms with Crippen molar-refractivity contribution in [1.29, 1.82) is 0 Å². The van der Waals surface area contributed by atoms with E-state index in [4.69, 9.17) is 4.74 Å². The van der Waals surface area contributed by atoms with Crippen LogP contribution in [0.4, 0.5) is 23.7 Å². The molecule has 0 spiro atoms. The van der Waals surface area contributed by atoms with Gasteiger partial charge in [0.1, 0.15) is 5.60 Å². The first kappa shape index (κ1) is 27.2. The quantitative estimate of drug-likeness (QED) is 0.482. The molecule has 0 saturated carbocycles. The van der Waals surface area contributed by atoms with Crippen molar-refractivity contribution in [2.75, 3.05) is 18.4 Å². The second-order valence-corrected chi connectivity index (χ2v) is 10.7. The minimum atomic E-state index is -4.50. The highest BCUT2D eigenvalue weighted by molar-refractivity contribution is 6.02. The number of rotatable bonds is 5. The van der Waals surface area contributed by atoms with Crippen LogP contribution in [-0.2, 0) is 28.7 Å². The van der Waals surface area contributed by atoms with Crippen LogP contribution in [0.25, 0.3) is 10.8 Å². The lowest BCUT2D eigenvalue weighted by Gasteiger charge is -2.40. The number of aromatic nitrogens is 1. The minimum absolute atomic E-state index is 0.0893.